The van der Waals surface area contributed by atoms with E-state index in [1.165, 1.54) is 4.90 Å². The van der Waals surface area contributed by atoms with Crippen molar-refractivity contribution in [1.82, 2.24) is 20.0 Å². The Morgan fingerprint density at radius 1 is 1.37 bits per heavy atom. The van der Waals surface area contributed by atoms with Gasteiger partial charge in [-0.15, -0.1) is 0 Å². The fourth-order valence-electron chi connectivity index (χ4n) is 1.75. The molecule has 1 fully saturated rings. The smallest absolute Gasteiger partial charge is 0.314 e. The van der Waals surface area contributed by atoms with E-state index in [1.54, 1.807) is 0 Å². The maximum absolute atomic E-state index is 11.6. The fraction of sp³-hybridized carbons (Fsp3) is 0.400. The average Bonchev–Trinajstić information content (AvgIpc) is 2.27. The number of nitrogens with one attached hydrogen (secondary N) is 2. The van der Waals surface area contributed by atoms with E-state index >= 15 is 0 Å². The number of carbonyl (C=O) groups excluding carboxylic acids is 2. The van der Waals surface area contributed by atoms with E-state index in [0.29, 0.717) is 13.1 Å². The number of aromatic nitrogens is 2. The van der Waals surface area contributed by atoms with Gasteiger partial charge in [-0.2, -0.15) is 0 Å². The summed E-state index contributed by atoms with van der Waals surface area (Å²) in [6.07, 6.45) is 0. The summed E-state index contributed by atoms with van der Waals surface area (Å²) in [6, 6.07) is 1.47. The van der Waals surface area contributed by atoms with Crippen molar-refractivity contribution in [1.29, 1.82) is 0 Å². The Bertz CT molecular complexity index is 613. The van der Waals surface area contributed by atoms with Crippen molar-refractivity contribution in [3.05, 3.63) is 32.8 Å². The number of nitrogens with zero attached hydrogens (tertiary/aromatic N) is 2. The van der Waals surface area contributed by atoms with Crippen LogP contribution in [0.3, 0.4) is 0 Å². The Balaban J connectivity index is 1.89. The van der Waals surface area contributed by atoms with Gasteiger partial charge in [0.2, 0.25) is 5.91 Å². The number of hydrogen-bond donors (Lipinski definition) is 3. The molecular formula is C10H13N5O4. The second kappa shape index (κ2) is 4.96. The van der Waals surface area contributed by atoms with Gasteiger partial charge in [0.1, 0.15) is 6.54 Å². The molecule has 0 atom stereocenters. The maximum Gasteiger partial charge on any atom is 0.314 e. The molecule has 0 aliphatic carbocycles. The molecule has 0 unspecified atom stereocenters. The van der Waals surface area contributed by atoms with E-state index in [0.717, 1.165) is 16.8 Å². The van der Waals surface area contributed by atoms with Crippen LogP contribution in [0, 0.1) is 0 Å². The molecule has 1 aromatic heterocycles. The molecule has 19 heavy (non-hydrogen) atoms. The van der Waals surface area contributed by atoms with Crippen LogP contribution in [0.25, 0.3) is 0 Å². The van der Waals surface area contributed by atoms with Crippen molar-refractivity contribution in [2.75, 3.05) is 13.1 Å². The van der Waals surface area contributed by atoms with E-state index in [2.05, 4.69) is 10.4 Å². The minimum atomic E-state index is -0.533. The van der Waals surface area contributed by atoms with Crippen LogP contribution in [0.15, 0.2) is 21.7 Å². The number of amides is 3. The summed E-state index contributed by atoms with van der Waals surface area (Å²) in [5.74, 6) is -0.418. The van der Waals surface area contributed by atoms with E-state index in [1.807, 2.05) is 0 Å². The molecule has 102 valence electrons. The number of nitrogens with two attached hydrogens (primary N) is 1. The Morgan fingerprint density at radius 3 is 2.68 bits per heavy atom. The van der Waals surface area contributed by atoms with Crippen LogP contribution in [0.5, 0.6) is 0 Å². The molecule has 1 aromatic rings. The fourth-order valence-corrected chi connectivity index (χ4v) is 1.75. The molecule has 0 spiro atoms. The number of rotatable bonds is 3. The second-order valence-electron chi connectivity index (χ2n) is 4.24. The van der Waals surface area contributed by atoms with Crippen LogP contribution in [0.2, 0.25) is 0 Å². The number of urea groups is 1. The van der Waals surface area contributed by atoms with Crippen molar-refractivity contribution in [2.45, 2.75) is 12.6 Å². The van der Waals surface area contributed by atoms with E-state index in [9.17, 15) is 19.2 Å². The first-order valence-corrected chi connectivity index (χ1v) is 5.59. The zero-order valence-corrected chi connectivity index (χ0v) is 9.96. The van der Waals surface area contributed by atoms with Gasteiger partial charge in [0.15, 0.2) is 0 Å². The molecule has 9 nitrogen and oxygen atoms in total. The first-order chi connectivity index (χ1) is 8.95. The molecule has 1 aliphatic rings. The topological polar surface area (TPSA) is 130 Å². The lowest BCUT2D eigenvalue weighted by Crippen LogP contribution is -2.62. The van der Waals surface area contributed by atoms with Crippen LogP contribution in [-0.4, -0.2) is 45.8 Å². The quantitative estimate of drug-likeness (QED) is 0.555. The number of aromatic amines is 1. The highest BCUT2D eigenvalue weighted by molar-refractivity contribution is 5.77. The van der Waals surface area contributed by atoms with Crippen molar-refractivity contribution in [2.24, 2.45) is 5.73 Å². The van der Waals surface area contributed by atoms with E-state index < -0.39 is 23.1 Å². The molecule has 3 amide bonds. The summed E-state index contributed by atoms with van der Waals surface area (Å²) < 4.78 is 0.919. The van der Waals surface area contributed by atoms with Crippen molar-refractivity contribution < 1.29 is 9.59 Å². The number of H-pyrrole nitrogens is 1. The molecule has 1 saturated heterocycles. The van der Waals surface area contributed by atoms with Crippen LogP contribution in [0.4, 0.5) is 4.79 Å². The third-order valence-electron chi connectivity index (χ3n) is 2.75. The first-order valence-electron chi connectivity index (χ1n) is 5.59. The SMILES string of the molecule is NC(=O)N1CC(NC(=O)Cn2[nH]c(=O)ccc2=O)C1. The summed E-state index contributed by atoms with van der Waals surface area (Å²) in [7, 11) is 0. The third kappa shape index (κ3) is 3.00. The Labute approximate surface area is 107 Å². The summed E-state index contributed by atoms with van der Waals surface area (Å²) in [5, 5.41) is 4.87. The van der Waals surface area contributed by atoms with Gasteiger partial charge in [0, 0.05) is 25.2 Å². The monoisotopic (exact) mass is 267 g/mol. The van der Waals surface area contributed by atoms with E-state index in [-0.39, 0.29) is 12.6 Å². The molecule has 2 heterocycles. The maximum atomic E-state index is 11.6. The van der Waals surface area contributed by atoms with Gasteiger partial charge in [-0.05, 0) is 0 Å². The molecule has 9 heteroatoms. The lowest BCUT2D eigenvalue weighted by atomic mass is 10.1. The van der Waals surface area contributed by atoms with Crippen molar-refractivity contribution >= 4 is 11.9 Å². The lowest BCUT2D eigenvalue weighted by molar-refractivity contribution is -0.123. The van der Waals surface area contributed by atoms with Gasteiger partial charge < -0.3 is 16.0 Å². The third-order valence-corrected chi connectivity index (χ3v) is 2.75. The molecule has 0 radical (unpaired) electrons. The van der Waals surface area contributed by atoms with Gasteiger partial charge in [-0.1, -0.05) is 0 Å². The zero-order valence-electron chi connectivity index (χ0n) is 9.96. The minimum absolute atomic E-state index is 0.175. The minimum Gasteiger partial charge on any atom is -0.351 e. The van der Waals surface area contributed by atoms with Gasteiger partial charge in [-0.25, -0.2) is 9.48 Å². The Kier molecular flexibility index (Phi) is 3.36. The molecule has 1 aliphatic heterocycles. The van der Waals surface area contributed by atoms with Crippen LogP contribution < -0.4 is 22.2 Å². The zero-order chi connectivity index (χ0) is 14.0. The second-order valence-corrected chi connectivity index (χ2v) is 4.24. The van der Waals surface area contributed by atoms with Gasteiger partial charge >= 0.3 is 6.03 Å². The Morgan fingerprint density at radius 2 is 2.05 bits per heavy atom. The average molecular weight is 267 g/mol. The highest BCUT2D eigenvalue weighted by Crippen LogP contribution is 2.06. The van der Waals surface area contributed by atoms with Gasteiger partial charge in [-0.3, -0.25) is 19.5 Å². The summed E-state index contributed by atoms with van der Waals surface area (Å²) in [6.45, 7) is 0.421. The largest absolute Gasteiger partial charge is 0.351 e. The standard InChI is InChI=1S/C10H13N5O4/c11-10(19)14-3-6(4-14)12-8(17)5-15-9(18)2-1-7(16)13-15/h1-2,6H,3-5H2,(H2,11,19)(H,12,17)(H,13,16). The van der Waals surface area contributed by atoms with Gasteiger partial charge in [0.05, 0.1) is 6.04 Å². The predicted molar refractivity (Wildman–Crippen MR) is 64.4 cm³/mol. The Hall–Kier alpha value is -2.58. The molecule has 0 saturated carbocycles. The molecular weight excluding hydrogens is 254 g/mol. The van der Waals surface area contributed by atoms with Crippen LogP contribution in [-0.2, 0) is 11.3 Å². The molecule has 4 N–H and O–H groups in total. The van der Waals surface area contributed by atoms with Crippen molar-refractivity contribution in [3.8, 4) is 0 Å². The summed E-state index contributed by atoms with van der Waals surface area (Å²) >= 11 is 0. The number of likely N-dealkylation sites (tertiary alicyclic amines) is 1. The number of carbonyl (C=O) groups is 2. The highest BCUT2D eigenvalue weighted by Gasteiger charge is 2.30. The normalized spacial score (nSPS) is 14.8. The molecule has 0 bridgehead atoms. The number of hydrogen-bond acceptors (Lipinski definition) is 4. The molecule has 2 rings (SSSR count). The summed E-state index contributed by atoms with van der Waals surface area (Å²) in [5.41, 5.74) is 4.11. The van der Waals surface area contributed by atoms with Gasteiger partial charge in [0.25, 0.3) is 11.1 Å². The van der Waals surface area contributed by atoms with E-state index in [4.69, 9.17) is 5.73 Å². The first kappa shape index (κ1) is 12.9. The van der Waals surface area contributed by atoms with Crippen LogP contribution >= 0.6 is 0 Å². The number of primary amides is 1. The van der Waals surface area contributed by atoms with Crippen LogP contribution in [0.1, 0.15) is 0 Å². The highest BCUT2D eigenvalue weighted by atomic mass is 16.2. The molecule has 0 aromatic carbocycles. The lowest BCUT2D eigenvalue weighted by Gasteiger charge is -2.38. The predicted octanol–water partition coefficient (Wildman–Crippen LogP) is -2.58. The summed E-state index contributed by atoms with van der Waals surface area (Å²) in [4.78, 5) is 46.1. The van der Waals surface area contributed by atoms with Crippen molar-refractivity contribution in [3.63, 3.8) is 0 Å².